The van der Waals surface area contributed by atoms with Crippen molar-refractivity contribution in [2.24, 2.45) is 0 Å². The Kier molecular flexibility index (Phi) is 5.97. The highest BCUT2D eigenvalue weighted by atomic mass is 29.2. The van der Waals surface area contributed by atoms with Gasteiger partial charge in [0.15, 0.2) is 0 Å². The monoisotopic (exact) mass is 441 g/mol. The van der Waals surface area contributed by atoms with Crippen molar-refractivity contribution in [3.8, 4) is 0 Å². The first-order valence-electron chi connectivity index (χ1n) is 11.1. The quantitative estimate of drug-likeness (QED) is 0.279. The molecule has 0 bridgehead atoms. The smallest absolute Gasteiger partial charge is 0.0631 e. The van der Waals surface area contributed by atoms with Crippen LogP contribution in [0.1, 0.15) is 0 Å². The van der Waals surface area contributed by atoms with Crippen LogP contribution in [0.4, 0.5) is 0 Å². The minimum absolute atomic E-state index is 1.22. The zero-order valence-corrected chi connectivity index (χ0v) is 19.9. The Morgan fingerprint density at radius 1 is 0.312 bits per heavy atom. The van der Waals surface area contributed by atoms with Gasteiger partial charge in [-0.15, -0.1) is 0 Å². The molecule has 0 spiro atoms. The van der Waals surface area contributed by atoms with Gasteiger partial charge >= 0.3 is 0 Å². The summed E-state index contributed by atoms with van der Waals surface area (Å²) in [6, 6.07) is 56.3. The van der Waals surface area contributed by atoms with E-state index in [1.54, 1.807) is 0 Å². The van der Waals surface area contributed by atoms with Gasteiger partial charge in [0.2, 0.25) is 0 Å². The van der Waals surface area contributed by atoms with Crippen LogP contribution in [0.15, 0.2) is 152 Å². The maximum Gasteiger partial charge on any atom is 0.147 e. The van der Waals surface area contributed by atoms with Crippen LogP contribution in [0.2, 0.25) is 0 Å². The molecule has 0 atom stereocenters. The third-order valence-electron chi connectivity index (χ3n) is 6.12. The second-order valence-corrected chi connectivity index (χ2v) is 16.8. The van der Waals surface area contributed by atoms with E-state index in [2.05, 4.69) is 152 Å². The highest BCUT2D eigenvalue weighted by molar-refractivity contribution is 7.56. The molecule has 32 heavy (non-hydrogen) atoms. The molecule has 5 aromatic carbocycles. The predicted molar refractivity (Wildman–Crippen MR) is 142 cm³/mol. The van der Waals surface area contributed by atoms with Crippen LogP contribution in [0.3, 0.4) is 0 Å². The Morgan fingerprint density at radius 2 is 0.562 bits per heavy atom. The summed E-state index contributed by atoms with van der Waals surface area (Å²) in [4.78, 5) is 0. The fourth-order valence-corrected chi connectivity index (χ4v) is 18.7. The van der Waals surface area contributed by atoms with Crippen LogP contribution in [0.5, 0.6) is 0 Å². The number of rotatable bonds is 6. The van der Waals surface area contributed by atoms with Crippen LogP contribution in [0.25, 0.3) is 0 Å². The molecule has 2 heteroatoms. The molecule has 0 nitrogen and oxygen atoms in total. The zero-order chi connectivity index (χ0) is 21.6. The molecule has 0 fully saturated rings. The molecule has 0 unspecified atom stereocenters. The summed E-state index contributed by atoms with van der Waals surface area (Å²) in [5, 5.41) is 7.34. The second kappa shape index (κ2) is 9.35. The van der Waals surface area contributed by atoms with E-state index in [1.807, 2.05) is 0 Å². The maximum absolute atomic E-state index is 2.43. The number of benzene rings is 5. The van der Waals surface area contributed by atoms with Gasteiger partial charge in [-0.1, -0.05) is 178 Å². The molecule has 5 aromatic rings. The van der Waals surface area contributed by atoms with Crippen LogP contribution >= 0.6 is 0 Å². The summed E-state index contributed by atoms with van der Waals surface area (Å²) in [6.45, 7) is 0. The van der Waals surface area contributed by atoms with Gasteiger partial charge in [-0.2, -0.15) is 0 Å². The van der Waals surface area contributed by atoms with Crippen LogP contribution < -0.4 is 25.9 Å². The van der Waals surface area contributed by atoms with Gasteiger partial charge in [0.1, 0.15) is 15.9 Å². The molecule has 0 N–H and O–H groups in total. The fraction of sp³-hybridized carbons (Fsp3) is 0. The van der Waals surface area contributed by atoms with Gasteiger partial charge in [0.05, 0.1) is 0 Å². The molecule has 153 valence electrons. The third kappa shape index (κ3) is 3.68. The summed E-state index contributed by atoms with van der Waals surface area (Å²) in [6.07, 6.45) is 0. The van der Waals surface area contributed by atoms with Gasteiger partial charge in [-0.25, -0.2) is 0 Å². The Labute approximate surface area is 193 Å². The average Bonchev–Trinajstić information content (AvgIpc) is 2.90. The highest BCUT2D eigenvalue weighted by Gasteiger charge is 2.49. The van der Waals surface area contributed by atoms with Gasteiger partial charge in [0.25, 0.3) is 0 Å². The summed E-state index contributed by atoms with van der Waals surface area (Å²) >= 11 is 0. The Morgan fingerprint density at radius 3 is 0.844 bits per heavy atom. The third-order valence-corrected chi connectivity index (χ3v) is 18.9. The lowest BCUT2D eigenvalue weighted by atomic mass is 10.3. The SMILES string of the molecule is c1ccc([Si](c2ccccc2)[Si](c2ccccc2)(c2ccccc2)c2ccccc2)cc1. The normalized spacial score (nSPS) is 11.4. The summed E-state index contributed by atoms with van der Waals surface area (Å²) in [5.41, 5.74) is 0. The van der Waals surface area contributed by atoms with Crippen molar-refractivity contribution in [2.75, 3.05) is 0 Å². The molecule has 0 aromatic heterocycles. The van der Waals surface area contributed by atoms with Crippen LogP contribution in [-0.2, 0) is 0 Å². The summed E-state index contributed by atoms with van der Waals surface area (Å²) in [5.74, 6) is 0. The molecular weight excluding hydrogens is 417 g/mol. The predicted octanol–water partition coefficient (Wildman–Crippen LogP) is 3.54. The number of hydrogen-bond acceptors (Lipinski definition) is 0. The lowest BCUT2D eigenvalue weighted by molar-refractivity contribution is 1.69. The first-order chi connectivity index (χ1) is 15.9. The van der Waals surface area contributed by atoms with E-state index in [0.717, 1.165) is 0 Å². The molecule has 0 saturated heterocycles. The standard InChI is InChI=1S/C30H25Si2/c1-6-16-26(17-7-1)31(27-18-8-2-9-19-27)32(28-20-10-3-11-21-28,29-22-12-4-13-23-29)30-24-14-5-15-25-30/h1-25H. The van der Waals surface area contributed by atoms with E-state index >= 15 is 0 Å². The summed E-state index contributed by atoms with van der Waals surface area (Å²) in [7, 11) is -3.65. The molecular formula is C30H25Si2. The second-order valence-electron chi connectivity index (χ2n) is 7.96. The van der Waals surface area contributed by atoms with Gasteiger partial charge < -0.3 is 0 Å². The Bertz CT molecular complexity index is 1100. The van der Waals surface area contributed by atoms with E-state index in [0.29, 0.717) is 0 Å². The van der Waals surface area contributed by atoms with Gasteiger partial charge in [-0.05, 0) is 0 Å². The van der Waals surface area contributed by atoms with E-state index in [1.165, 1.54) is 25.9 Å². The maximum atomic E-state index is 2.36. The lowest BCUT2D eigenvalue weighted by Gasteiger charge is -2.40. The molecule has 0 aliphatic carbocycles. The summed E-state index contributed by atoms with van der Waals surface area (Å²) < 4.78 is 0. The van der Waals surface area contributed by atoms with Gasteiger partial charge in [-0.3, -0.25) is 0 Å². The van der Waals surface area contributed by atoms with Crippen molar-refractivity contribution in [3.63, 3.8) is 0 Å². The first kappa shape index (κ1) is 20.4. The lowest BCUT2D eigenvalue weighted by Crippen LogP contribution is -2.82. The van der Waals surface area contributed by atoms with Gasteiger partial charge in [0, 0.05) is 0 Å². The highest BCUT2D eigenvalue weighted by Crippen LogP contribution is 2.13. The minimum atomic E-state index is -2.43. The Hall–Kier alpha value is -3.47. The first-order valence-corrected chi connectivity index (χ1v) is 15.6. The molecule has 0 amide bonds. The van der Waals surface area contributed by atoms with Crippen molar-refractivity contribution >= 4 is 41.8 Å². The van der Waals surface area contributed by atoms with Crippen LogP contribution in [0, 0.1) is 0 Å². The molecule has 0 aliphatic rings. The van der Waals surface area contributed by atoms with E-state index in [9.17, 15) is 0 Å². The van der Waals surface area contributed by atoms with E-state index < -0.39 is 15.9 Å². The van der Waals surface area contributed by atoms with Crippen molar-refractivity contribution in [1.29, 1.82) is 0 Å². The molecule has 1 radical (unpaired) electrons. The number of hydrogen-bond donors (Lipinski definition) is 0. The molecule has 0 heterocycles. The topological polar surface area (TPSA) is 0 Å². The largest absolute Gasteiger partial charge is 0.147 e. The molecule has 5 rings (SSSR count). The van der Waals surface area contributed by atoms with Crippen molar-refractivity contribution < 1.29 is 0 Å². The van der Waals surface area contributed by atoms with E-state index in [4.69, 9.17) is 0 Å². The van der Waals surface area contributed by atoms with E-state index in [-0.39, 0.29) is 0 Å². The fourth-order valence-electron chi connectivity index (χ4n) is 4.81. The van der Waals surface area contributed by atoms with Crippen molar-refractivity contribution in [2.45, 2.75) is 0 Å². The Balaban J connectivity index is 1.94. The zero-order valence-electron chi connectivity index (χ0n) is 17.9. The average molecular weight is 442 g/mol. The minimum Gasteiger partial charge on any atom is -0.0631 e. The van der Waals surface area contributed by atoms with Crippen LogP contribution in [-0.4, -0.2) is 15.9 Å². The van der Waals surface area contributed by atoms with Crippen molar-refractivity contribution in [1.82, 2.24) is 0 Å². The molecule has 0 aliphatic heterocycles. The van der Waals surface area contributed by atoms with Crippen molar-refractivity contribution in [3.05, 3.63) is 152 Å². The molecule has 0 saturated carbocycles.